The first-order valence-corrected chi connectivity index (χ1v) is 7.61. The maximum atomic E-state index is 12.2. The Bertz CT molecular complexity index is 280. The predicted octanol–water partition coefficient (Wildman–Crippen LogP) is 2.56. The van der Waals surface area contributed by atoms with Gasteiger partial charge in [-0.3, -0.25) is 4.79 Å². The molecule has 1 amide bonds. The van der Waals surface area contributed by atoms with Crippen LogP contribution in [0.15, 0.2) is 0 Å². The van der Waals surface area contributed by atoms with E-state index in [4.69, 9.17) is 0 Å². The van der Waals surface area contributed by atoms with Gasteiger partial charge in [0.1, 0.15) is 0 Å². The maximum Gasteiger partial charge on any atom is 0.236 e. The molecule has 2 fully saturated rings. The number of rotatable bonds is 3. The highest BCUT2D eigenvalue weighted by Gasteiger charge is 2.34. The van der Waals surface area contributed by atoms with E-state index in [-0.39, 0.29) is 0 Å². The van der Waals surface area contributed by atoms with Crippen molar-refractivity contribution < 1.29 is 4.79 Å². The highest BCUT2D eigenvalue weighted by Crippen LogP contribution is 2.36. The number of carbonyl (C=O) groups excluding carboxylic acids is 1. The first-order valence-electron chi connectivity index (χ1n) is 7.61. The van der Waals surface area contributed by atoms with Gasteiger partial charge >= 0.3 is 0 Å². The van der Waals surface area contributed by atoms with Crippen LogP contribution in [0.1, 0.15) is 58.8 Å². The van der Waals surface area contributed by atoms with Gasteiger partial charge in [-0.1, -0.05) is 33.1 Å². The largest absolute Gasteiger partial charge is 0.342 e. The summed E-state index contributed by atoms with van der Waals surface area (Å²) in [7, 11) is 0. The van der Waals surface area contributed by atoms with Gasteiger partial charge in [-0.05, 0) is 31.1 Å². The van der Waals surface area contributed by atoms with Gasteiger partial charge in [0.2, 0.25) is 5.91 Å². The molecule has 1 N–H and O–H groups in total. The Hall–Kier alpha value is -0.570. The molecule has 0 bridgehead atoms. The molecule has 1 saturated carbocycles. The molecule has 0 aromatic heterocycles. The van der Waals surface area contributed by atoms with Crippen molar-refractivity contribution in [2.75, 3.05) is 19.6 Å². The number of hydrogen-bond donors (Lipinski definition) is 1. The number of likely N-dealkylation sites (tertiary alicyclic amines) is 1. The van der Waals surface area contributed by atoms with Gasteiger partial charge in [0.05, 0.1) is 6.54 Å². The minimum absolute atomic E-state index is 0.305. The second-order valence-corrected chi connectivity index (χ2v) is 6.61. The van der Waals surface area contributed by atoms with E-state index >= 15 is 0 Å². The second kappa shape index (κ2) is 6.05. The van der Waals surface area contributed by atoms with Gasteiger partial charge in [0.25, 0.3) is 0 Å². The normalized spacial score (nSPS) is 28.1. The summed E-state index contributed by atoms with van der Waals surface area (Å²) in [5.74, 6) is 0.305. The summed E-state index contributed by atoms with van der Waals surface area (Å²) in [6.45, 7) is 7.10. The van der Waals surface area contributed by atoms with Gasteiger partial charge < -0.3 is 10.2 Å². The first kappa shape index (κ1) is 13.9. The fraction of sp³-hybridized carbons (Fsp3) is 0.933. The molecule has 18 heavy (non-hydrogen) atoms. The van der Waals surface area contributed by atoms with E-state index in [9.17, 15) is 4.79 Å². The lowest BCUT2D eigenvalue weighted by Crippen LogP contribution is -2.45. The van der Waals surface area contributed by atoms with E-state index in [1.165, 1.54) is 44.9 Å². The Kier molecular flexibility index (Phi) is 4.66. The van der Waals surface area contributed by atoms with Crippen molar-refractivity contribution in [3.8, 4) is 0 Å². The molecule has 2 rings (SSSR count). The molecular formula is C15H28N2O. The second-order valence-electron chi connectivity index (χ2n) is 6.61. The Balaban J connectivity index is 1.77. The third-order valence-electron chi connectivity index (χ3n) is 4.72. The third-order valence-corrected chi connectivity index (χ3v) is 4.72. The Morgan fingerprint density at radius 3 is 2.39 bits per heavy atom. The lowest BCUT2D eigenvalue weighted by Gasteiger charge is -2.29. The van der Waals surface area contributed by atoms with Crippen molar-refractivity contribution in [1.82, 2.24) is 10.2 Å². The zero-order chi connectivity index (χ0) is 13.0. The summed E-state index contributed by atoms with van der Waals surface area (Å²) in [4.78, 5) is 14.2. The van der Waals surface area contributed by atoms with E-state index in [2.05, 4.69) is 24.1 Å². The maximum absolute atomic E-state index is 12.2. The fourth-order valence-electron chi connectivity index (χ4n) is 3.35. The summed E-state index contributed by atoms with van der Waals surface area (Å²) in [6, 6.07) is 0.522. The number of hydrogen-bond acceptors (Lipinski definition) is 2. The molecule has 1 aliphatic heterocycles. The average Bonchev–Trinajstić information content (AvgIpc) is 2.58. The Labute approximate surface area is 111 Å². The monoisotopic (exact) mass is 252 g/mol. The van der Waals surface area contributed by atoms with Crippen molar-refractivity contribution in [3.05, 3.63) is 0 Å². The van der Waals surface area contributed by atoms with Gasteiger partial charge in [0, 0.05) is 19.1 Å². The highest BCUT2D eigenvalue weighted by molar-refractivity contribution is 5.78. The molecule has 3 nitrogen and oxygen atoms in total. The molecule has 2 aliphatic rings. The minimum Gasteiger partial charge on any atom is -0.342 e. The van der Waals surface area contributed by atoms with Crippen molar-refractivity contribution in [2.45, 2.75) is 64.8 Å². The predicted molar refractivity (Wildman–Crippen MR) is 74.5 cm³/mol. The van der Waals surface area contributed by atoms with Crippen LogP contribution >= 0.6 is 0 Å². The van der Waals surface area contributed by atoms with E-state index in [0.29, 0.717) is 23.9 Å². The van der Waals surface area contributed by atoms with Gasteiger partial charge in [-0.15, -0.1) is 0 Å². The molecule has 0 radical (unpaired) electrons. The SMILES string of the molecule is CC1(C)CCCC1NCC(=O)N1CCCCCC1. The summed E-state index contributed by atoms with van der Waals surface area (Å²) < 4.78 is 0. The van der Waals surface area contributed by atoms with Gasteiger partial charge in [0.15, 0.2) is 0 Å². The minimum atomic E-state index is 0.305. The van der Waals surface area contributed by atoms with Crippen LogP contribution in [0, 0.1) is 5.41 Å². The van der Waals surface area contributed by atoms with Gasteiger partial charge in [-0.2, -0.15) is 0 Å². The Morgan fingerprint density at radius 2 is 1.83 bits per heavy atom. The molecule has 0 aromatic carbocycles. The molecule has 1 aliphatic carbocycles. The van der Waals surface area contributed by atoms with Crippen LogP contribution < -0.4 is 5.32 Å². The Morgan fingerprint density at radius 1 is 1.17 bits per heavy atom. The average molecular weight is 252 g/mol. The van der Waals surface area contributed by atoms with Gasteiger partial charge in [-0.25, -0.2) is 0 Å². The van der Waals surface area contributed by atoms with Crippen molar-refractivity contribution in [3.63, 3.8) is 0 Å². The number of amides is 1. The van der Waals surface area contributed by atoms with Crippen molar-refractivity contribution >= 4 is 5.91 Å². The van der Waals surface area contributed by atoms with Crippen LogP contribution in [-0.4, -0.2) is 36.5 Å². The van der Waals surface area contributed by atoms with Crippen LogP contribution in [-0.2, 0) is 4.79 Å². The topological polar surface area (TPSA) is 32.3 Å². The molecule has 1 atom stereocenters. The molecule has 1 unspecified atom stereocenters. The molecule has 3 heteroatoms. The lowest BCUT2D eigenvalue weighted by molar-refractivity contribution is -0.130. The lowest BCUT2D eigenvalue weighted by atomic mass is 9.87. The standard InChI is InChI=1S/C15H28N2O/c1-15(2)9-7-8-13(15)16-12-14(18)17-10-5-3-4-6-11-17/h13,16H,3-12H2,1-2H3. The van der Waals surface area contributed by atoms with E-state index < -0.39 is 0 Å². The van der Waals surface area contributed by atoms with Crippen LogP contribution in [0.3, 0.4) is 0 Å². The van der Waals surface area contributed by atoms with Crippen LogP contribution in [0.5, 0.6) is 0 Å². The first-order chi connectivity index (χ1) is 8.59. The molecular weight excluding hydrogens is 224 g/mol. The third kappa shape index (κ3) is 3.47. The summed E-state index contributed by atoms with van der Waals surface area (Å²) >= 11 is 0. The quantitative estimate of drug-likeness (QED) is 0.837. The van der Waals surface area contributed by atoms with E-state index in [0.717, 1.165) is 13.1 Å². The van der Waals surface area contributed by atoms with Crippen LogP contribution in [0.4, 0.5) is 0 Å². The van der Waals surface area contributed by atoms with Crippen molar-refractivity contribution in [2.24, 2.45) is 5.41 Å². The van der Waals surface area contributed by atoms with Crippen LogP contribution in [0.25, 0.3) is 0 Å². The zero-order valence-corrected chi connectivity index (χ0v) is 12.0. The van der Waals surface area contributed by atoms with E-state index in [1.807, 2.05) is 0 Å². The molecule has 0 spiro atoms. The van der Waals surface area contributed by atoms with E-state index in [1.54, 1.807) is 0 Å². The zero-order valence-electron chi connectivity index (χ0n) is 12.0. The number of nitrogens with one attached hydrogen (secondary N) is 1. The summed E-state index contributed by atoms with van der Waals surface area (Å²) in [5, 5.41) is 3.50. The molecule has 0 aromatic rings. The molecule has 1 saturated heterocycles. The fourth-order valence-corrected chi connectivity index (χ4v) is 3.35. The van der Waals surface area contributed by atoms with Crippen molar-refractivity contribution in [1.29, 1.82) is 0 Å². The number of carbonyl (C=O) groups is 1. The number of nitrogens with zero attached hydrogens (tertiary/aromatic N) is 1. The van der Waals surface area contributed by atoms with Crippen LogP contribution in [0.2, 0.25) is 0 Å². The molecule has 104 valence electrons. The summed E-state index contributed by atoms with van der Waals surface area (Å²) in [5.41, 5.74) is 0.360. The summed E-state index contributed by atoms with van der Waals surface area (Å²) in [6.07, 6.45) is 8.73. The molecule has 1 heterocycles. The highest BCUT2D eigenvalue weighted by atomic mass is 16.2. The smallest absolute Gasteiger partial charge is 0.236 e.